The lowest BCUT2D eigenvalue weighted by atomic mass is 9.82. The van der Waals surface area contributed by atoms with E-state index in [1.807, 2.05) is 24.1 Å². The maximum absolute atomic E-state index is 9.56. The first-order chi connectivity index (χ1) is 8.24. The van der Waals surface area contributed by atoms with Crippen LogP contribution in [0.25, 0.3) is 0 Å². The molecule has 0 radical (unpaired) electrons. The number of rotatable bonds is 5. The van der Waals surface area contributed by atoms with Crippen LogP contribution in [0.5, 0.6) is 0 Å². The van der Waals surface area contributed by atoms with Gasteiger partial charge in [-0.2, -0.15) is 5.10 Å². The molecule has 1 aromatic rings. The largest absolute Gasteiger partial charge is 0.394 e. The molecule has 4 nitrogen and oxygen atoms in total. The Labute approximate surface area is 103 Å². The van der Waals surface area contributed by atoms with Crippen LogP contribution in [0.15, 0.2) is 12.4 Å². The molecule has 1 heterocycles. The van der Waals surface area contributed by atoms with Crippen LogP contribution in [0, 0.1) is 0 Å². The smallest absolute Gasteiger partial charge is 0.0613 e. The predicted molar refractivity (Wildman–Crippen MR) is 67.8 cm³/mol. The summed E-state index contributed by atoms with van der Waals surface area (Å²) in [5.41, 5.74) is 1.24. The molecule has 1 aliphatic rings. The number of aromatic nitrogens is 2. The highest BCUT2D eigenvalue weighted by Gasteiger charge is 2.30. The van der Waals surface area contributed by atoms with Gasteiger partial charge in [-0.05, 0) is 31.4 Å². The fraction of sp³-hybridized carbons (Fsp3) is 0.769. The molecule has 0 spiro atoms. The molecule has 0 atom stereocenters. The van der Waals surface area contributed by atoms with Gasteiger partial charge in [-0.15, -0.1) is 0 Å². The van der Waals surface area contributed by atoms with E-state index in [4.69, 9.17) is 0 Å². The van der Waals surface area contributed by atoms with Crippen LogP contribution in [0.3, 0.4) is 0 Å². The zero-order chi connectivity index (χ0) is 12.1. The van der Waals surface area contributed by atoms with Gasteiger partial charge in [-0.3, -0.25) is 4.68 Å². The van der Waals surface area contributed by atoms with Gasteiger partial charge in [0.1, 0.15) is 0 Å². The van der Waals surface area contributed by atoms with Crippen molar-refractivity contribution in [1.29, 1.82) is 0 Å². The number of nitrogens with zero attached hydrogens (tertiary/aromatic N) is 2. The first kappa shape index (κ1) is 12.6. The monoisotopic (exact) mass is 237 g/mol. The third kappa shape index (κ3) is 3.30. The molecule has 96 valence electrons. The Morgan fingerprint density at radius 2 is 2.18 bits per heavy atom. The van der Waals surface area contributed by atoms with Gasteiger partial charge in [0.15, 0.2) is 0 Å². The van der Waals surface area contributed by atoms with Gasteiger partial charge >= 0.3 is 0 Å². The quantitative estimate of drug-likeness (QED) is 0.810. The van der Waals surface area contributed by atoms with E-state index < -0.39 is 0 Å². The van der Waals surface area contributed by atoms with Crippen LogP contribution >= 0.6 is 0 Å². The molecular formula is C13H23N3O. The molecule has 0 amide bonds. The number of hydrogen-bond acceptors (Lipinski definition) is 3. The van der Waals surface area contributed by atoms with Gasteiger partial charge in [0.05, 0.1) is 12.8 Å². The normalized spacial score (nSPS) is 19.4. The van der Waals surface area contributed by atoms with Crippen molar-refractivity contribution < 1.29 is 5.11 Å². The molecule has 1 fully saturated rings. The summed E-state index contributed by atoms with van der Waals surface area (Å²) in [6.45, 7) is 1.19. The Kier molecular flexibility index (Phi) is 4.18. The van der Waals surface area contributed by atoms with E-state index in [1.54, 1.807) is 0 Å². The number of aliphatic hydroxyl groups excluding tert-OH is 1. The minimum absolute atomic E-state index is 0.0134. The van der Waals surface area contributed by atoms with Crippen LogP contribution in [0.4, 0.5) is 0 Å². The zero-order valence-electron chi connectivity index (χ0n) is 10.7. The predicted octanol–water partition coefficient (Wildman–Crippen LogP) is 1.25. The molecule has 1 aromatic heterocycles. The number of aliphatic hydroxyl groups is 1. The summed E-state index contributed by atoms with van der Waals surface area (Å²) in [6, 6.07) is 0. The number of nitrogens with one attached hydrogen (secondary N) is 1. The van der Waals surface area contributed by atoms with Crippen molar-refractivity contribution in [3.63, 3.8) is 0 Å². The standard InChI is InChI=1S/C13H23N3O/c1-16-10-12(9-15-16)5-8-14-13(11-17)6-3-2-4-7-13/h9-10,14,17H,2-8,11H2,1H3. The summed E-state index contributed by atoms with van der Waals surface area (Å²) in [7, 11) is 1.94. The average Bonchev–Trinajstić information content (AvgIpc) is 2.76. The van der Waals surface area contributed by atoms with Crippen LogP contribution < -0.4 is 5.32 Å². The molecule has 4 heteroatoms. The van der Waals surface area contributed by atoms with Gasteiger partial charge in [0, 0.05) is 18.8 Å². The Morgan fingerprint density at radius 3 is 2.76 bits per heavy atom. The molecule has 17 heavy (non-hydrogen) atoms. The minimum atomic E-state index is -0.0134. The lowest BCUT2D eigenvalue weighted by Gasteiger charge is -2.36. The molecular weight excluding hydrogens is 214 g/mol. The second-order valence-electron chi connectivity index (χ2n) is 5.20. The third-order valence-corrected chi connectivity index (χ3v) is 3.79. The van der Waals surface area contributed by atoms with E-state index in [0.29, 0.717) is 0 Å². The Morgan fingerprint density at radius 1 is 1.41 bits per heavy atom. The first-order valence-electron chi connectivity index (χ1n) is 6.57. The lowest BCUT2D eigenvalue weighted by Crippen LogP contribution is -2.50. The van der Waals surface area contributed by atoms with Crippen LogP contribution in [-0.4, -0.2) is 33.6 Å². The second-order valence-corrected chi connectivity index (χ2v) is 5.20. The summed E-state index contributed by atoms with van der Waals surface area (Å²) >= 11 is 0. The molecule has 0 aliphatic heterocycles. The molecule has 0 saturated heterocycles. The van der Waals surface area contributed by atoms with Gasteiger partial charge in [0.2, 0.25) is 0 Å². The molecule has 1 saturated carbocycles. The number of hydrogen-bond donors (Lipinski definition) is 2. The molecule has 0 unspecified atom stereocenters. The summed E-state index contributed by atoms with van der Waals surface area (Å²) in [6.07, 6.45) is 10.9. The molecule has 2 rings (SSSR count). The fourth-order valence-corrected chi connectivity index (χ4v) is 2.69. The van der Waals surface area contributed by atoms with Crippen molar-refractivity contribution in [3.8, 4) is 0 Å². The van der Waals surface area contributed by atoms with E-state index in [1.165, 1.54) is 24.8 Å². The number of aryl methyl sites for hydroxylation is 1. The summed E-state index contributed by atoms with van der Waals surface area (Å²) in [5.74, 6) is 0. The lowest BCUT2D eigenvalue weighted by molar-refractivity contribution is 0.122. The van der Waals surface area contributed by atoms with Crippen molar-refractivity contribution in [2.75, 3.05) is 13.2 Å². The Bertz CT molecular complexity index is 342. The fourth-order valence-electron chi connectivity index (χ4n) is 2.69. The van der Waals surface area contributed by atoms with E-state index >= 15 is 0 Å². The topological polar surface area (TPSA) is 50.1 Å². The van der Waals surface area contributed by atoms with Gasteiger partial charge in [-0.25, -0.2) is 0 Å². The third-order valence-electron chi connectivity index (χ3n) is 3.79. The van der Waals surface area contributed by atoms with Crippen molar-refractivity contribution in [1.82, 2.24) is 15.1 Å². The Balaban J connectivity index is 1.79. The average molecular weight is 237 g/mol. The molecule has 0 bridgehead atoms. The van der Waals surface area contributed by atoms with Crippen molar-refractivity contribution in [2.24, 2.45) is 7.05 Å². The first-order valence-corrected chi connectivity index (χ1v) is 6.57. The van der Waals surface area contributed by atoms with Crippen LogP contribution in [0.1, 0.15) is 37.7 Å². The van der Waals surface area contributed by atoms with E-state index in [-0.39, 0.29) is 12.1 Å². The molecule has 0 aromatic carbocycles. The van der Waals surface area contributed by atoms with E-state index in [0.717, 1.165) is 25.8 Å². The highest BCUT2D eigenvalue weighted by molar-refractivity contribution is 5.04. The zero-order valence-corrected chi connectivity index (χ0v) is 10.7. The second kappa shape index (κ2) is 5.65. The van der Waals surface area contributed by atoms with Gasteiger partial charge < -0.3 is 10.4 Å². The van der Waals surface area contributed by atoms with Crippen LogP contribution in [0.2, 0.25) is 0 Å². The van der Waals surface area contributed by atoms with Gasteiger partial charge in [0.25, 0.3) is 0 Å². The maximum Gasteiger partial charge on any atom is 0.0613 e. The highest BCUT2D eigenvalue weighted by Crippen LogP contribution is 2.27. The van der Waals surface area contributed by atoms with E-state index in [2.05, 4.69) is 10.4 Å². The van der Waals surface area contributed by atoms with Gasteiger partial charge in [-0.1, -0.05) is 19.3 Å². The SMILES string of the molecule is Cn1cc(CCNC2(CO)CCCCC2)cn1. The Hall–Kier alpha value is -0.870. The van der Waals surface area contributed by atoms with Crippen molar-refractivity contribution >= 4 is 0 Å². The summed E-state index contributed by atoms with van der Waals surface area (Å²) in [4.78, 5) is 0. The maximum atomic E-state index is 9.56. The summed E-state index contributed by atoms with van der Waals surface area (Å²) in [5, 5.41) is 17.3. The summed E-state index contributed by atoms with van der Waals surface area (Å²) < 4.78 is 1.83. The minimum Gasteiger partial charge on any atom is -0.394 e. The van der Waals surface area contributed by atoms with Crippen LogP contribution in [-0.2, 0) is 13.5 Å². The molecule has 2 N–H and O–H groups in total. The highest BCUT2D eigenvalue weighted by atomic mass is 16.3. The molecule has 1 aliphatic carbocycles. The van der Waals surface area contributed by atoms with Crippen molar-refractivity contribution in [3.05, 3.63) is 18.0 Å². The van der Waals surface area contributed by atoms with E-state index in [9.17, 15) is 5.11 Å². The van der Waals surface area contributed by atoms with Crippen molar-refractivity contribution in [2.45, 2.75) is 44.1 Å².